The number of anilines is 1. The van der Waals surface area contributed by atoms with Crippen LogP contribution in [-0.2, 0) is 14.3 Å². The number of likely N-dealkylation sites (N-methyl/N-ethyl adjacent to an activating group) is 1. The lowest BCUT2D eigenvalue weighted by atomic mass is 9.86. The van der Waals surface area contributed by atoms with Crippen LogP contribution < -0.4 is 10.2 Å². The van der Waals surface area contributed by atoms with Crippen LogP contribution in [0.15, 0.2) is 24.3 Å². The molecule has 136 valence electrons. The minimum absolute atomic E-state index is 0.0934. The van der Waals surface area contributed by atoms with Crippen molar-refractivity contribution in [3.63, 3.8) is 0 Å². The molecule has 0 radical (unpaired) electrons. The van der Waals surface area contributed by atoms with E-state index >= 15 is 0 Å². The van der Waals surface area contributed by atoms with Gasteiger partial charge in [0.1, 0.15) is 5.69 Å². The second kappa shape index (κ2) is 7.93. The first-order valence-corrected chi connectivity index (χ1v) is 7.88. The molecule has 0 saturated carbocycles. The molecule has 1 saturated heterocycles. The summed E-state index contributed by atoms with van der Waals surface area (Å²) in [6.07, 6.45) is 0.651. The highest BCUT2D eigenvalue weighted by Gasteiger charge is 2.36. The van der Waals surface area contributed by atoms with E-state index in [1.54, 1.807) is 25.2 Å². The van der Waals surface area contributed by atoms with Gasteiger partial charge < -0.3 is 20.1 Å². The Morgan fingerprint density at radius 2 is 2.00 bits per heavy atom. The summed E-state index contributed by atoms with van der Waals surface area (Å²) < 4.78 is 5.25. The molecule has 1 aromatic rings. The van der Waals surface area contributed by atoms with E-state index in [-0.39, 0.29) is 24.6 Å². The fourth-order valence-electron chi connectivity index (χ4n) is 2.97. The van der Waals surface area contributed by atoms with Crippen LogP contribution in [-0.4, -0.2) is 54.3 Å². The molecule has 9 heteroatoms. The third-order valence-electron chi connectivity index (χ3n) is 4.21. The molecule has 1 heterocycles. The van der Waals surface area contributed by atoms with Crippen LogP contribution in [0.25, 0.3) is 0 Å². The number of rotatable bonds is 7. The van der Waals surface area contributed by atoms with Gasteiger partial charge in [-0.25, -0.2) is 0 Å². The molecule has 0 spiro atoms. The molecule has 1 fully saturated rings. The molecule has 0 bridgehead atoms. The van der Waals surface area contributed by atoms with E-state index in [0.29, 0.717) is 31.7 Å². The van der Waals surface area contributed by atoms with Crippen molar-refractivity contribution in [2.45, 2.75) is 24.8 Å². The Bertz CT molecular complexity index is 657. The number of nitro benzene ring substituents is 1. The van der Waals surface area contributed by atoms with Gasteiger partial charge in [-0.05, 0) is 18.9 Å². The van der Waals surface area contributed by atoms with Crippen LogP contribution in [0, 0.1) is 10.1 Å². The number of benzene rings is 1. The maximum atomic E-state index is 12.4. The van der Waals surface area contributed by atoms with Crippen molar-refractivity contribution in [1.29, 1.82) is 0 Å². The number of nitro groups is 1. The predicted octanol–water partition coefficient (Wildman–Crippen LogP) is 1.17. The number of hydrogen-bond acceptors (Lipinski definition) is 6. The zero-order chi connectivity index (χ0) is 18.4. The molecule has 2 N–H and O–H groups in total. The van der Waals surface area contributed by atoms with E-state index in [9.17, 15) is 19.7 Å². The third-order valence-corrected chi connectivity index (χ3v) is 4.21. The number of carbonyl (C=O) groups is 2. The first-order valence-electron chi connectivity index (χ1n) is 7.88. The van der Waals surface area contributed by atoms with Crippen LogP contribution >= 0.6 is 0 Å². The summed E-state index contributed by atoms with van der Waals surface area (Å²) in [5.41, 5.74) is -0.615. The van der Waals surface area contributed by atoms with Gasteiger partial charge in [-0.1, -0.05) is 12.1 Å². The molecule has 0 aromatic heterocycles. The molecule has 1 aliphatic heterocycles. The Morgan fingerprint density at radius 1 is 1.36 bits per heavy atom. The molecule has 1 amide bonds. The molecule has 25 heavy (non-hydrogen) atoms. The molecule has 2 rings (SSSR count). The molecule has 0 atom stereocenters. The first-order chi connectivity index (χ1) is 11.8. The summed E-state index contributed by atoms with van der Waals surface area (Å²) in [5, 5.41) is 23.0. The topological polar surface area (TPSA) is 122 Å². The second-order valence-corrected chi connectivity index (χ2v) is 6.11. The Kier molecular flexibility index (Phi) is 5.92. The number of hydrogen-bond donors (Lipinski definition) is 2. The van der Waals surface area contributed by atoms with Gasteiger partial charge in [0, 0.05) is 26.3 Å². The van der Waals surface area contributed by atoms with Gasteiger partial charge >= 0.3 is 5.97 Å². The van der Waals surface area contributed by atoms with E-state index in [4.69, 9.17) is 9.84 Å². The molecular weight excluding hydrogens is 330 g/mol. The van der Waals surface area contributed by atoms with Gasteiger partial charge in [0.15, 0.2) is 0 Å². The van der Waals surface area contributed by atoms with Gasteiger partial charge in [0.25, 0.3) is 5.69 Å². The highest BCUT2D eigenvalue weighted by molar-refractivity contribution is 5.83. The van der Waals surface area contributed by atoms with E-state index in [1.807, 2.05) is 0 Å². The summed E-state index contributed by atoms with van der Waals surface area (Å²) in [7, 11) is 1.58. The lowest BCUT2D eigenvalue weighted by Gasteiger charge is -2.37. The highest BCUT2D eigenvalue weighted by Crippen LogP contribution is 2.27. The Morgan fingerprint density at radius 3 is 2.60 bits per heavy atom. The first kappa shape index (κ1) is 18.7. The number of para-hydroxylation sites is 2. The van der Waals surface area contributed by atoms with Crippen molar-refractivity contribution in [1.82, 2.24) is 5.32 Å². The van der Waals surface area contributed by atoms with Crippen molar-refractivity contribution in [3.8, 4) is 0 Å². The van der Waals surface area contributed by atoms with Crippen LogP contribution in [0.5, 0.6) is 0 Å². The average Bonchev–Trinajstić information content (AvgIpc) is 2.54. The monoisotopic (exact) mass is 351 g/mol. The molecule has 1 aliphatic rings. The van der Waals surface area contributed by atoms with E-state index < -0.39 is 16.4 Å². The van der Waals surface area contributed by atoms with Crippen LogP contribution in [0.4, 0.5) is 11.4 Å². The number of carbonyl (C=O) groups excluding carboxylic acids is 1. The van der Waals surface area contributed by atoms with Crippen molar-refractivity contribution >= 4 is 23.3 Å². The van der Waals surface area contributed by atoms with Crippen LogP contribution in [0.1, 0.15) is 19.3 Å². The molecular formula is C16H21N3O6. The number of aliphatic carboxylic acids is 1. The van der Waals surface area contributed by atoms with E-state index in [2.05, 4.69) is 5.32 Å². The SMILES string of the molecule is CN(CC(=O)NC1(CC(=O)O)CCOCC1)c1ccccc1[N+](=O)[O-]. The highest BCUT2D eigenvalue weighted by atomic mass is 16.6. The third kappa shape index (κ3) is 4.90. The summed E-state index contributed by atoms with van der Waals surface area (Å²) in [6, 6.07) is 6.14. The minimum Gasteiger partial charge on any atom is -0.481 e. The summed E-state index contributed by atoms with van der Waals surface area (Å²) >= 11 is 0. The largest absolute Gasteiger partial charge is 0.481 e. The lowest BCUT2D eigenvalue weighted by Crippen LogP contribution is -2.55. The Hall–Kier alpha value is -2.68. The number of carboxylic acid groups (broad SMARTS) is 1. The summed E-state index contributed by atoms with van der Waals surface area (Å²) in [4.78, 5) is 35.6. The van der Waals surface area contributed by atoms with Crippen molar-refractivity contribution in [2.75, 3.05) is 31.7 Å². The van der Waals surface area contributed by atoms with E-state index in [1.165, 1.54) is 11.0 Å². The minimum atomic E-state index is -0.991. The van der Waals surface area contributed by atoms with Crippen molar-refractivity contribution in [3.05, 3.63) is 34.4 Å². The summed E-state index contributed by atoms with van der Waals surface area (Å²) in [5.74, 6) is -1.38. The van der Waals surface area contributed by atoms with Gasteiger partial charge in [-0.3, -0.25) is 19.7 Å². The predicted molar refractivity (Wildman–Crippen MR) is 89.5 cm³/mol. The molecule has 0 unspecified atom stereocenters. The molecule has 0 aliphatic carbocycles. The van der Waals surface area contributed by atoms with Crippen LogP contribution in [0.2, 0.25) is 0 Å². The maximum absolute atomic E-state index is 12.4. The maximum Gasteiger partial charge on any atom is 0.305 e. The van der Waals surface area contributed by atoms with Gasteiger partial charge in [0.05, 0.1) is 23.4 Å². The average molecular weight is 351 g/mol. The zero-order valence-corrected chi connectivity index (χ0v) is 13.9. The number of nitrogens with zero attached hydrogens (tertiary/aromatic N) is 2. The van der Waals surface area contributed by atoms with E-state index in [0.717, 1.165) is 0 Å². The second-order valence-electron chi connectivity index (χ2n) is 6.11. The number of carboxylic acids is 1. The quantitative estimate of drug-likeness (QED) is 0.558. The van der Waals surface area contributed by atoms with Crippen molar-refractivity contribution in [2.24, 2.45) is 0 Å². The normalized spacial score (nSPS) is 16.0. The number of ether oxygens (including phenoxy) is 1. The molecule has 1 aromatic carbocycles. The summed E-state index contributed by atoms with van der Waals surface area (Å²) in [6.45, 7) is 0.647. The fourth-order valence-corrected chi connectivity index (χ4v) is 2.97. The zero-order valence-electron chi connectivity index (χ0n) is 13.9. The Balaban J connectivity index is 2.08. The standard InChI is InChI=1S/C16H21N3O6/c1-18(12-4-2-3-5-13(12)19(23)24)11-14(20)17-16(10-15(21)22)6-8-25-9-7-16/h2-5H,6-11H2,1H3,(H,17,20)(H,21,22). The van der Waals surface area contributed by atoms with Gasteiger partial charge in [0.2, 0.25) is 5.91 Å². The molecule has 9 nitrogen and oxygen atoms in total. The Labute approximate surface area is 144 Å². The lowest BCUT2D eigenvalue weighted by molar-refractivity contribution is -0.384. The van der Waals surface area contributed by atoms with Crippen molar-refractivity contribution < 1.29 is 24.4 Å². The smallest absolute Gasteiger partial charge is 0.305 e. The fraction of sp³-hybridized carbons (Fsp3) is 0.500. The van der Waals surface area contributed by atoms with Gasteiger partial charge in [-0.15, -0.1) is 0 Å². The van der Waals surface area contributed by atoms with Crippen LogP contribution in [0.3, 0.4) is 0 Å². The van der Waals surface area contributed by atoms with Gasteiger partial charge in [-0.2, -0.15) is 0 Å². The number of amides is 1. The number of nitrogens with one attached hydrogen (secondary N) is 1.